The largest absolute Gasteiger partial charge is 0.374 e. The van der Waals surface area contributed by atoms with Gasteiger partial charge in [-0.25, -0.2) is 0 Å². The lowest BCUT2D eigenvalue weighted by atomic mass is 10.2. The highest BCUT2D eigenvalue weighted by Crippen LogP contribution is 2.37. The number of pyridine rings is 1. The third-order valence-electron chi connectivity index (χ3n) is 2.64. The van der Waals surface area contributed by atoms with Crippen molar-refractivity contribution in [1.82, 2.24) is 4.57 Å². The molecule has 1 aliphatic heterocycles. The summed E-state index contributed by atoms with van der Waals surface area (Å²) in [5.74, 6) is -0.0582. The summed E-state index contributed by atoms with van der Waals surface area (Å²) in [7, 11) is 2.71. The summed E-state index contributed by atoms with van der Waals surface area (Å²) >= 11 is 0. The van der Waals surface area contributed by atoms with Crippen molar-refractivity contribution in [2.24, 2.45) is 0 Å². The van der Waals surface area contributed by atoms with E-state index in [1.165, 1.54) is 0 Å². The standard InChI is InChI=1S/C10H15N3O2P2/c1-2-4-12-5-3-7-9(10(12)15)13(17-16)8(14)6-11-7/h3,5,11,17H,2,4,6,16H2,1H3. The average molecular weight is 271 g/mol. The number of carbonyl (C=O) groups excluding carboxylic acids is 1. The molecule has 0 aliphatic carbocycles. The van der Waals surface area contributed by atoms with Crippen molar-refractivity contribution < 1.29 is 4.79 Å². The molecule has 0 fully saturated rings. The summed E-state index contributed by atoms with van der Waals surface area (Å²) in [6, 6.07) is 1.86. The Morgan fingerprint density at radius 3 is 2.94 bits per heavy atom. The molecule has 1 aliphatic rings. The first-order valence-corrected chi connectivity index (χ1v) is 8.21. The number of hydrogen-bond donors (Lipinski definition) is 1. The Bertz CT molecular complexity index is 501. The monoisotopic (exact) mass is 271 g/mol. The minimum absolute atomic E-state index is 0.0582. The van der Waals surface area contributed by atoms with Crippen molar-refractivity contribution in [3.05, 3.63) is 22.6 Å². The van der Waals surface area contributed by atoms with E-state index in [1.54, 1.807) is 15.4 Å². The molecule has 5 nitrogen and oxygen atoms in total. The van der Waals surface area contributed by atoms with Crippen LogP contribution in [0.4, 0.5) is 11.4 Å². The second-order valence-electron chi connectivity index (χ2n) is 3.79. The van der Waals surface area contributed by atoms with Gasteiger partial charge in [0.05, 0.1) is 12.2 Å². The van der Waals surface area contributed by atoms with Crippen molar-refractivity contribution in [2.45, 2.75) is 19.9 Å². The Hall–Kier alpha value is -0.920. The topological polar surface area (TPSA) is 54.3 Å². The fraction of sp³-hybridized carbons (Fsp3) is 0.400. The number of aromatic nitrogens is 1. The van der Waals surface area contributed by atoms with Gasteiger partial charge < -0.3 is 9.88 Å². The van der Waals surface area contributed by atoms with Crippen LogP contribution in [-0.2, 0) is 11.3 Å². The third-order valence-corrected chi connectivity index (χ3v) is 4.14. The lowest BCUT2D eigenvalue weighted by Crippen LogP contribution is -2.39. The molecule has 0 saturated heterocycles. The number of rotatable bonds is 3. The Morgan fingerprint density at radius 1 is 1.53 bits per heavy atom. The van der Waals surface area contributed by atoms with Gasteiger partial charge in [0.25, 0.3) is 5.56 Å². The maximum atomic E-state index is 12.2. The molecule has 2 unspecified atom stereocenters. The normalized spacial score (nSPS) is 15.2. The third kappa shape index (κ3) is 2.22. The fourth-order valence-electron chi connectivity index (χ4n) is 1.85. The van der Waals surface area contributed by atoms with E-state index >= 15 is 0 Å². The lowest BCUT2D eigenvalue weighted by Gasteiger charge is -2.28. The SMILES string of the molecule is CCCn1ccc2c(c1=O)N(PP)C(=O)CN2. The van der Waals surface area contributed by atoms with E-state index in [0.29, 0.717) is 12.2 Å². The number of hydrogen-bond acceptors (Lipinski definition) is 3. The maximum Gasteiger partial charge on any atom is 0.276 e. The van der Waals surface area contributed by atoms with Gasteiger partial charge in [-0.1, -0.05) is 15.9 Å². The molecule has 7 heteroatoms. The summed E-state index contributed by atoms with van der Waals surface area (Å²) in [5, 5.41) is 2.98. The first kappa shape index (κ1) is 12.5. The average Bonchev–Trinajstić information content (AvgIpc) is 2.33. The van der Waals surface area contributed by atoms with E-state index in [0.717, 1.165) is 12.1 Å². The lowest BCUT2D eigenvalue weighted by molar-refractivity contribution is -0.115. The van der Waals surface area contributed by atoms with E-state index in [-0.39, 0.29) is 26.4 Å². The molecular weight excluding hydrogens is 256 g/mol. The van der Waals surface area contributed by atoms with Crippen LogP contribution in [0.25, 0.3) is 0 Å². The second kappa shape index (κ2) is 5.16. The number of aryl methyl sites for hydroxylation is 1. The molecule has 2 atom stereocenters. The minimum Gasteiger partial charge on any atom is -0.374 e. The number of anilines is 2. The van der Waals surface area contributed by atoms with Crippen LogP contribution in [0, 0.1) is 0 Å². The quantitative estimate of drug-likeness (QED) is 0.845. The smallest absolute Gasteiger partial charge is 0.276 e. The predicted octanol–water partition coefficient (Wildman–Crippen LogP) is 1.40. The zero-order chi connectivity index (χ0) is 12.4. The Balaban J connectivity index is 2.55. The van der Waals surface area contributed by atoms with Gasteiger partial charge in [-0.05, 0) is 12.5 Å². The summed E-state index contributed by atoms with van der Waals surface area (Å²) in [6.45, 7) is 2.95. The highest BCUT2D eigenvalue weighted by molar-refractivity contribution is 8.04. The van der Waals surface area contributed by atoms with E-state index in [4.69, 9.17) is 0 Å². The van der Waals surface area contributed by atoms with Crippen LogP contribution in [0.2, 0.25) is 0 Å². The Labute approximate surface area is 104 Å². The van der Waals surface area contributed by atoms with Gasteiger partial charge in [-0.2, -0.15) is 0 Å². The predicted molar refractivity (Wildman–Crippen MR) is 75.0 cm³/mol. The summed E-state index contributed by atoms with van der Waals surface area (Å²) < 4.78 is 3.20. The summed E-state index contributed by atoms with van der Waals surface area (Å²) in [5.41, 5.74) is 1.13. The van der Waals surface area contributed by atoms with Crippen LogP contribution in [0.15, 0.2) is 17.1 Å². The van der Waals surface area contributed by atoms with Crippen LogP contribution in [-0.4, -0.2) is 17.0 Å². The molecule has 0 saturated carbocycles. The van der Waals surface area contributed by atoms with Gasteiger partial charge in [-0.15, -0.1) is 0 Å². The molecule has 1 amide bonds. The molecular formula is C10H15N3O2P2. The molecule has 0 aromatic carbocycles. The van der Waals surface area contributed by atoms with Gasteiger partial charge in [-0.3, -0.25) is 14.3 Å². The fourth-order valence-corrected chi connectivity index (χ4v) is 3.24. The molecule has 1 aromatic heterocycles. The van der Waals surface area contributed by atoms with Crippen molar-refractivity contribution in [3.8, 4) is 0 Å². The number of carbonyl (C=O) groups is 1. The minimum atomic E-state index is -0.0974. The molecule has 17 heavy (non-hydrogen) atoms. The van der Waals surface area contributed by atoms with E-state index in [9.17, 15) is 9.59 Å². The van der Waals surface area contributed by atoms with Gasteiger partial charge in [0.15, 0.2) is 0 Å². The molecule has 92 valence electrons. The number of nitrogens with one attached hydrogen (secondary N) is 1. The molecule has 0 spiro atoms. The van der Waals surface area contributed by atoms with Gasteiger partial charge >= 0.3 is 0 Å². The Kier molecular flexibility index (Phi) is 3.80. The second-order valence-corrected chi connectivity index (χ2v) is 5.27. The molecule has 2 rings (SSSR count). The van der Waals surface area contributed by atoms with Crippen LogP contribution < -0.4 is 15.5 Å². The van der Waals surface area contributed by atoms with Crippen LogP contribution >= 0.6 is 17.3 Å². The van der Waals surface area contributed by atoms with E-state index in [2.05, 4.69) is 14.2 Å². The van der Waals surface area contributed by atoms with Crippen molar-refractivity contribution in [2.75, 3.05) is 16.5 Å². The van der Waals surface area contributed by atoms with Crippen molar-refractivity contribution in [3.63, 3.8) is 0 Å². The van der Waals surface area contributed by atoms with Crippen molar-refractivity contribution >= 4 is 34.6 Å². The number of amides is 1. The molecule has 0 radical (unpaired) electrons. The van der Waals surface area contributed by atoms with Crippen LogP contribution in [0.3, 0.4) is 0 Å². The van der Waals surface area contributed by atoms with Gasteiger partial charge in [0.2, 0.25) is 5.91 Å². The molecule has 1 N–H and O–H groups in total. The summed E-state index contributed by atoms with van der Waals surface area (Å²) in [6.07, 6.45) is 2.67. The molecule has 0 bridgehead atoms. The molecule has 2 heterocycles. The summed E-state index contributed by atoms with van der Waals surface area (Å²) in [4.78, 5) is 24.0. The zero-order valence-electron chi connectivity index (χ0n) is 9.56. The highest BCUT2D eigenvalue weighted by Gasteiger charge is 2.26. The van der Waals surface area contributed by atoms with Crippen molar-refractivity contribution in [1.29, 1.82) is 0 Å². The Morgan fingerprint density at radius 2 is 2.29 bits per heavy atom. The van der Waals surface area contributed by atoms with Crippen LogP contribution in [0.1, 0.15) is 13.3 Å². The van der Waals surface area contributed by atoms with E-state index in [1.807, 2.05) is 13.0 Å². The zero-order valence-corrected chi connectivity index (χ0v) is 11.7. The highest BCUT2D eigenvalue weighted by atomic mass is 32.0. The first-order chi connectivity index (χ1) is 8.19. The van der Waals surface area contributed by atoms with Gasteiger partial charge in [0.1, 0.15) is 5.69 Å². The van der Waals surface area contributed by atoms with E-state index < -0.39 is 0 Å². The number of nitrogens with zero attached hydrogens (tertiary/aromatic N) is 2. The van der Waals surface area contributed by atoms with Gasteiger partial charge in [0, 0.05) is 21.2 Å². The first-order valence-electron chi connectivity index (χ1n) is 5.45. The number of fused-ring (bicyclic) bond motifs is 1. The maximum absolute atomic E-state index is 12.2. The van der Waals surface area contributed by atoms with Crippen LogP contribution in [0.5, 0.6) is 0 Å². The molecule has 1 aromatic rings.